The monoisotopic (exact) mass is 372 g/mol. The molecule has 0 aromatic heterocycles. The highest BCUT2D eigenvalue weighted by Crippen LogP contribution is 2.36. The number of aliphatic hydroxyl groups is 1. The molecule has 3 atom stereocenters. The van der Waals surface area contributed by atoms with E-state index in [0.717, 1.165) is 18.4 Å². The van der Waals surface area contributed by atoms with Gasteiger partial charge in [-0.25, -0.2) is 8.42 Å². The number of rotatable bonds is 6. The summed E-state index contributed by atoms with van der Waals surface area (Å²) in [5, 5.41) is 17.3. The summed E-state index contributed by atoms with van der Waals surface area (Å²) in [7, 11) is -2.96. The van der Waals surface area contributed by atoms with Crippen molar-refractivity contribution in [2.24, 2.45) is 5.92 Å². The van der Waals surface area contributed by atoms with Gasteiger partial charge in [0, 0.05) is 17.1 Å². The van der Waals surface area contributed by atoms with Crippen LogP contribution in [0.15, 0.2) is 24.3 Å². The third kappa shape index (κ3) is 4.70. The van der Waals surface area contributed by atoms with Crippen molar-refractivity contribution >= 4 is 21.4 Å². The van der Waals surface area contributed by atoms with Crippen molar-refractivity contribution in [3.8, 4) is 0 Å². The number of halogens is 1. The van der Waals surface area contributed by atoms with Gasteiger partial charge in [-0.2, -0.15) is 0 Å². The number of aliphatic hydroxyl groups excluding tert-OH is 1. The van der Waals surface area contributed by atoms with Crippen LogP contribution in [-0.2, 0) is 9.84 Å². The summed E-state index contributed by atoms with van der Waals surface area (Å²) >= 11 is 6.13. The molecule has 1 saturated heterocycles. The second-order valence-electron chi connectivity index (χ2n) is 6.91. The van der Waals surface area contributed by atoms with Crippen LogP contribution in [0, 0.1) is 5.92 Å². The number of sulfone groups is 1. The Morgan fingerprint density at radius 2 is 1.96 bits per heavy atom. The predicted octanol–water partition coefficient (Wildman–Crippen LogP) is 2.21. The lowest BCUT2D eigenvalue weighted by atomic mass is 9.91. The molecule has 24 heavy (non-hydrogen) atoms. The molecule has 0 bridgehead atoms. The Morgan fingerprint density at radius 1 is 1.21 bits per heavy atom. The molecule has 7 heteroatoms. The summed E-state index contributed by atoms with van der Waals surface area (Å²) in [5.41, 5.74) is 1.06. The normalized spacial score (nSPS) is 26.5. The number of benzene rings is 1. The third-order valence-corrected chi connectivity index (χ3v) is 7.05. The van der Waals surface area contributed by atoms with Gasteiger partial charge in [-0.05, 0) is 42.9 Å². The van der Waals surface area contributed by atoms with E-state index in [2.05, 4.69) is 10.6 Å². The van der Waals surface area contributed by atoms with Gasteiger partial charge < -0.3 is 5.11 Å². The van der Waals surface area contributed by atoms with Gasteiger partial charge in [0.1, 0.15) is 0 Å². The maximum Gasteiger partial charge on any atom is 0.161 e. The predicted molar refractivity (Wildman–Crippen MR) is 95.5 cm³/mol. The molecule has 3 rings (SSSR count). The van der Waals surface area contributed by atoms with Gasteiger partial charge in [-0.3, -0.25) is 10.6 Å². The van der Waals surface area contributed by atoms with Gasteiger partial charge in [0.25, 0.3) is 0 Å². The molecular formula is C17H25ClN2O3S. The van der Waals surface area contributed by atoms with E-state index < -0.39 is 16.2 Å². The van der Waals surface area contributed by atoms with Gasteiger partial charge in [-0.1, -0.05) is 36.6 Å². The van der Waals surface area contributed by atoms with Crippen molar-refractivity contribution in [1.29, 1.82) is 0 Å². The molecule has 1 unspecified atom stereocenters. The molecule has 1 aromatic carbocycles. The highest BCUT2D eigenvalue weighted by Gasteiger charge is 2.31. The molecule has 0 spiro atoms. The van der Waals surface area contributed by atoms with Crippen LogP contribution >= 0.6 is 11.6 Å². The summed E-state index contributed by atoms with van der Waals surface area (Å²) in [6.07, 6.45) is 4.25. The van der Waals surface area contributed by atoms with Gasteiger partial charge >= 0.3 is 0 Å². The van der Waals surface area contributed by atoms with Crippen LogP contribution in [0.2, 0.25) is 5.02 Å². The lowest BCUT2D eigenvalue weighted by Gasteiger charge is -2.29. The fourth-order valence-electron chi connectivity index (χ4n) is 3.86. The summed E-state index contributed by atoms with van der Waals surface area (Å²) in [6.45, 7) is 0. The third-order valence-electron chi connectivity index (χ3n) is 5.04. The quantitative estimate of drug-likeness (QED) is 0.667. The van der Waals surface area contributed by atoms with Crippen molar-refractivity contribution in [3.05, 3.63) is 34.9 Å². The fourth-order valence-corrected chi connectivity index (χ4v) is 5.75. The van der Waals surface area contributed by atoms with Gasteiger partial charge in [0.15, 0.2) is 16.2 Å². The van der Waals surface area contributed by atoms with Gasteiger partial charge in [0.05, 0.1) is 11.5 Å². The zero-order valence-corrected chi connectivity index (χ0v) is 15.2. The molecule has 0 radical (unpaired) electrons. The van der Waals surface area contributed by atoms with Crippen molar-refractivity contribution in [2.75, 3.05) is 11.5 Å². The molecule has 2 fully saturated rings. The number of hydrogen-bond acceptors (Lipinski definition) is 5. The Labute approximate surface area is 148 Å². The Bertz CT molecular complexity index is 662. The molecule has 134 valence electrons. The summed E-state index contributed by atoms with van der Waals surface area (Å²) < 4.78 is 23.1. The molecule has 1 aliphatic heterocycles. The molecule has 1 aliphatic carbocycles. The van der Waals surface area contributed by atoms with Crippen LogP contribution in [0.25, 0.3) is 0 Å². The number of hydrogen-bond donors (Lipinski definition) is 3. The average Bonchev–Trinajstić information content (AvgIpc) is 3.14. The Hall–Kier alpha value is -0.660. The fraction of sp³-hybridized carbons (Fsp3) is 0.647. The smallest absolute Gasteiger partial charge is 0.161 e. The standard InChI is InChI=1S/C17H25ClN2O3S/c18-14-7-3-6-13(10-14)16(12-4-1-2-5-12)20-17(21)19-15-8-9-24(22,23)11-15/h3,6-7,10,12,15-17,19-21H,1-2,4-5,8-9,11H2/t15-,16+,17?/m0/s1. The van der Waals surface area contributed by atoms with Crippen molar-refractivity contribution in [2.45, 2.75) is 50.5 Å². The Kier molecular flexibility index (Phi) is 5.82. The van der Waals surface area contributed by atoms with Gasteiger partial charge in [-0.15, -0.1) is 0 Å². The molecule has 1 saturated carbocycles. The number of nitrogens with one attached hydrogen (secondary N) is 2. The van der Waals surface area contributed by atoms with Crippen molar-refractivity contribution in [3.63, 3.8) is 0 Å². The van der Waals surface area contributed by atoms with E-state index in [1.165, 1.54) is 12.8 Å². The van der Waals surface area contributed by atoms with Crippen molar-refractivity contribution in [1.82, 2.24) is 10.6 Å². The van der Waals surface area contributed by atoms with Crippen LogP contribution in [0.4, 0.5) is 0 Å². The lowest BCUT2D eigenvalue weighted by Crippen LogP contribution is -2.50. The SMILES string of the molecule is O=S1(=O)CC[C@H](NC(O)N[C@@H](c2cccc(Cl)c2)C2CCCC2)C1. The topological polar surface area (TPSA) is 78.4 Å². The van der Waals surface area contributed by atoms with E-state index in [1.807, 2.05) is 24.3 Å². The van der Waals surface area contributed by atoms with Gasteiger partial charge in [0.2, 0.25) is 0 Å². The lowest BCUT2D eigenvalue weighted by molar-refractivity contribution is 0.0680. The maximum atomic E-state index is 11.6. The summed E-state index contributed by atoms with van der Waals surface area (Å²) in [4.78, 5) is 0. The van der Waals surface area contributed by atoms with Crippen LogP contribution in [0.3, 0.4) is 0 Å². The van der Waals surface area contributed by atoms with Crippen molar-refractivity contribution < 1.29 is 13.5 Å². The Balaban J connectivity index is 1.67. The minimum Gasteiger partial charge on any atom is -0.365 e. The molecule has 2 aliphatic rings. The van der Waals surface area contributed by atoms with Crippen LogP contribution in [-0.4, -0.2) is 37.4 Å². The first-order valence-corrected chi connectivity index (χ1v) is 10.8. The zero-order chi connectivity index (χ0) is 17.2. The minimum absolute atomic E-state index is 0.00621. The Morgan fingerprint density at radius 3 is 2.58 bits per heavy atom. The van der Waals surface area contributed by atoms with E-state index in [0.29, 0.717) is 17.4 Å². The van der Waals surface area contributed by atoms with Crippen LogP contribution in [0.1, 0.15) is 43.7 Å². The van der Waals surface area contributed by atoms with E-state index in [4.69, 9.17) is 11.6 Å². The highest BCUT2D eigenvalue weighted by molar-refractivity contribution is 7.91. The first kappa shape index (κ1) is 18.1. The first-order chi connectivity index (χ1) is 11.4. The van der Waals surface area contributed by atoms with E-state index in [-0.39, 0.29) is 23.6 Å². The maximum absolute atomic E-state index is 11.6. The highest BCUT2D eigenvalue weighted by atomic mass is 35.5. The largest absolute Gasteiger partial charge is 0.365 e. The molecule has 5 nitrogen and oxygen atoms in total. The molecule has 3 N–H and O–H groups in total. The molecule has 1 aromatic rings. The summed E-state index contributed by atoms with van der Waals surface area (Å²) in [5.74, 6) is 0.738. The second-order valence-corrected chi connectivity index (χ2v) is 9.58. The van der Waals surface area contributed by atoms with E-state index in [1.54, 1.807) is 0 Å². The molecular weight excluding hydrogens is 348 g/mol. The second kappa shape index (κ2) is 7.70. The minimum atomic E-state index is -2.96. The van der Waals surface area contributed by atoms with Crippen LogP contribution in [0.5, 0.6) is 0 Å². The average molecular weight is 373 g/mol. The molecule has 0 amide bonds. The van der Waals surface area contributed by atoms with Crippen LogP contribution < -0.4 is 10.6 Å². The molecule has 1 heterocycles. The van der Waals surface area contributed by atoms with E-state index in [9.17, 15) is 13.5 Å². The zero-order valence-electron chi connectivity index (χ0n) is 13.6. The first-order valence-electron chi connectivity index (χ1n) is 8.59. The summed E-state index contributed by atoms with van der Waals surface area (Å²) in [6, 6.07) is 7.53. The van der Waals surface area contributed by atoms with E-state index >= 15 is 0 Å².